The Morgan fingerprint density at radius 3 is 2.15 bits per heavy atom. The molecule has 0 spiro atoms. The number of carbonyl (C=O) groups excluding carboxylic acids is 10. The second kappa shape index (κ2) is 35.3. The number of ketones is 4. The minimum atomic E-state index is -1.29. The van der Waals surface area contributed by atoms with E-state index in [0.717, 1.165) is 23.4 Å². The van der Waals surface area contributed by atoms with Gasteiger partial charge in [0, 0.05) is 144 Å². The summed E-state index contributed by atoms with van der Waals surface area (Å²) in [4.78, 5) is 179. The number of amides is 4. The number of fused-ring (bicyclic) bond motifs is 9. The maximum Gasteiger partial charge on any atom is 0.321 e. The number of ether oxygens (including phenoxy) is 2. The van der Waals surface area contributed by atoms with E-state index in [4.69, 9.17) is 19.4 Å². The highest BCUT2D eigenvalue weighted by molar-refractivity contribution is 8.76. The van der Waals surface area contributed by atoms with Gasteiger partial charge in [-0.2, -0.15) is 0 Å². The fourth-order valence-corrected chi connectivity index (χ4v) is 16.2. The van der Waals surface area contributed by atoms with Gasteiger partial charge >= 0.3 is 5.97 Å². The van der Waals surface area contributed by atoms with Gasteiger partial charge in [-0.05, 0) is 120 Å². The molecule has 6 aromatic rings. The van der Waals surface area contributed by atoms with Crippen molar-refractivity contribution in [3.05, 3.63) is 127 Å². The minimum absolute atomic E-state index is 0.0169. The predicted molar refractivity (Wildman–Crippen MR) is 398 cm³/mol. The smallest absolute Gasteiger partial charge is 0.321 e. The highest BCUT2D eigenvalue weighted by atomic mass is 33.1. The zero-order valence-electron chi connectivity index (χ0n) is 61.1. The van der Waals surface area contributed by atoms with Crippen molar-refractivity contribution in [3.8, 4) is 0 Å². The fourth-order valence-electron chi connectivity index (χ4n) is 14.1. The number of Topliss-reactive ketones (excluding diaryl/α,β-unsaturated/α-hetero) is 4. The Balaban J connectivity index is 0.738. The molecular weight excluding hydrogens is 1370 g/mol. The van der Waals surface area contributed by atoms with E-state index in [1.165, 1.54) is 34.9 Å². The van der Waals surface area contributed by atoms with Gasteiger partial charge in [-0.15, -0.1) is 0 Å². The summed E-state index contributed by atoms with van der Waals surface area (Å²) < 4.78 is 10.9. The molecule has 8 N–H and O–H groups in total. The monoisotopic (exact) mass is 1460 g/mol. The van der Waals surface area contributed by atoms with Gasteiger partial charge in [-0.3, -0.25) is 62.7 Å². The standard InChI is InChI=1S/C75H94N14O13S2/c1-13-50-39(3)52-34-57-63(43(7)91)41(5)54(85-57)32-53-40(4)51(67(86-53)65-66(75(100)101-12)70(96)64-42(6)55(87-68(64)65)33-56(50)84-52)25-26-60(94)77-27-16-19-58(89(9,10)11)59(93)20-17-29-103-104-37-62(102-38-90)88-73(98)46(31-61(95)76-14-2)30-49(92)18-15-28-78-72(97)45-21-23-47(24-22-45)79-35-48-36-80-71-69(83-48)74(99)82-44(8)81-71/h21-24,32-34,36,38-40,46,50-51,58,62,66H,13-20,25-31,35,37H2,1-12H3,(H7-,76,77,78,79,80,81,82,83,84,85,86,87,88,91,94,95,96,97,98,99)/p+1/t39-,40+,46+,50-,51+,58?,62-,66?/m1/s1. The van der Waals surface area contributed by atoms with Crippen LogP contribution in [-0.2, 0) is 49.6 Å². The van der Waals surface area contributed by atoms with E-state index in [1.807, 2.05) is 60.1 Å². The topological polar surface area (TPSA) is 378 Å². The summed E-state index contributed by atoms with van der Waals surface area (Å²) in [6.45, 7) is 16.2. The van der Waals surface area contributed by atoms with Gasteiger partial charge in [-0.25, -0.2) is 15.0 Å². The van der Waals surface area contributed by atoms with Crippen LogP contribution in [0.3, 0.4) is 0 Å². The predicted octanol–water partition coefficient (Wildman–Crippen LogP) is 9.13. The van der Waals surface area contributed by atoms with Crippen LogP contribution in [0.25, 0.3) is 33.2 Å². The fraction of sp³-hybridized carbons (Fsp3) is 0.493. The van der Waals surface area contributed by atoms with E-state index in [-0.39, 0.29) is 134 Å². The number of nitrogens with one attached hydrogen (secondary N) is 8. The van der Waals surface area contributed by atoms with Crippen LogP contribution in [0.2, 0.25) is 0 Å². The van der Waals surface area contributed by atoms with Gasteiger partial charge in [0.2, 0.25) is 17.7 Å². The van der Waals surface area contributed by atoms with E-state index >= 15 is 0 Å². The number of benzene rings is 1. The summed E-state index contributed by atoms with van der Waals surface area (Å²) in [6.07, 6.45) is 3.23. The summed E-state index contributed by atoms with van der Waals surface area (Å²) in [6, 6.07) is 12.2. The van der Waals surface area contributed by atoms with Crippen LogP contribution in [0.4, 0.5) is 5.69 Å². The second-order valence-electron chi connectivity index (χ2n) is 27.8. The Kier molecular flexibility index (Phi) is 26.7. The summed E-state index contributed by atoms with van der Waals surface area (Å²) >= 11 is 0. The third-order valence-corrected chi connectivity index (χ3v) is 22.1. The number of H-pyrrole nitrogens is 3. The molecule has 0 saturated heterocycles. The third-order valence-electron chi connectivity index (χ3n) is 19.7. The van der Waals surface area contributed by atoms with Gasteiger partial charge in [0.15, 0.2) is 34.7 Å². The zero-order valence-corrected chi connectivity index (χ0v) is 62.8. The molecule has 554 valence electrons. The van der Waals surface area contributed by atoms with E-state index in [9.17, 15) is 52.7 Å². The van der Waals surface area contributed by atoms with Crippen molar-refractivity contribution < 1.29 is 61.9 Å². The van der Waals surface area contributed by atoms with Crippen molar-refractivity contribution in [2.24, 2.45) is 5.92 Å². The normalized spacial score (nSPS) is 17.0. The summed E-state index contributed by atoms with van der Waals surface area (Å²) in [5.41, 5.74) is 9.73. The lowest BCUT2D eigenvalue weighted by atomic mass is 9.84. The number of carbonyl (C=O) groups is 10. The van der Waals surface area contributed by atoms with E-state index in [1.54, 1.807) is 45.0 Å². The van der Waals surface area contributed by atoms with Crippen LogP contribution in [0.5, 0.6) is 0 Å². The molecule has 8 atom stereocenters. The van der Waals surface area contributed by atoms with E-state index < -0.39 is 47.5 Å². The molecule has 9 rings (SSSR count). The SMILES string of the molecule is CCNC(=O)C[C@H](CC(=O)CCCNC(=O)c1ccc(NCc2cnc3nc(C)[nH]c(=O)c3n2)cc1)C(=O)N[C@@H](CSSCCCC(=O)C(CCCNC(=O)CC[C@@H]1c2nc(cc3[nH]c(cc4nc(cc5[nH]c6c(c5C)C(=O)C(C(=O)OC)c26)[C@H](CC)[C@H]4C)c(C(C)=O)c3C)[C@H]1C)[N+](C)(C)C)OC=O. The number of aryl methyl sites for hydroxylation is 3. The highest BCUT2D eigenvalue weighted by Crippen LogP contribution is 2.49. The molecule has 0 radical (unpaired) electrons. The Morgan fingerprint density at radius 1 is 0.750 bits per heavy atom. The highest BCUT2D eigenvalue weighted by Gasteiger charge is 2.46. The number of anilines is 1. The van der Waals surface area contributed by atoms with Crippen molar-refractivity contribution in [2.75, 3.05) is 64.7 Å². The molecule has 0 fully saturated rings. The number of nitrogens with zero attached hydrogens (tertiary/aromatic N) is 6. The number of likely N-dealkylation sites (N-methyl/N-ethyl adjacent to an activating group) is 1. The van der Waals surface area contributed by atoms with Crippen molar-refractivity contribution in [1.29, 1.82) is 0 Å². The number of rotatable bonds is 36. The molecule has 4 amide bonds. The van der Waals surface area contributed by atoms with Crippen LogP contribution >= 0.6 is 21.6 Å². The van der Waals surface area contributed by atoms with Crippen molar-refractivity contribution in [2.45, 2.75) is 174 Å². The second-order valence-corrected chi connectivity index (χ2v) is 30.4. The van der Waals surface area contributed by atoms with Gasteiger partial charge in [0.1, 0.15) is 23.6 Å². The van der Waals surface area contributed by atoms with Crippen LogP contribution < -0.4 is 32.1 Å². The quantitative estimate of drug-likeness (QED) is 0.00265. The molecule has 1 aromatic carbocycles. The molecule has 0 saturated carbocycles. The third kappa shape index (κ3) is 18.9. The molecule has 27 nitrogen and oxygen atoms in total. The molecule has 7 heterocycles. The summed E-state index contributed by atoms with van der Waals surface area (Å²) in [7, 11) is 9.89. The number of aromatic nitrogens is 8. The first-order valence-electron chi connectivity index (χ1n) is 35.4. The van der Waals surface area contributed by atoms with Crippen molar-refractivity contribution in [1.82, 2.24) is 61.1 Å². The number of aromatic amines is 3. The number of esters is 1. The maximum absolute atomic E-state index is 14.6. The van der Waals surface area contributed by atoms with Gasteiger partial charge in [-0.1, -0.05) is 42.4 Å². The summed E-state index contributed by atoms with van der Waals surface area (Å²) in [5, 5.41) is 14.4. The van der Waals surface area contributed by atoms with Crippen molar-refractivity contribution in [3.63, 3.8) is 0 Å². The van der Waals surface area contributed by atoms with E-state index in [2.05, 4.69) is 70.3 Å². The molecule has 1 aliphatic carbocycles. The lowest BCUT2D eigenvalue weighted by Gasteiger charge is -2.33. The molecule has 5 aromatic heterocycles. The maximum atomic E-state index is 14.6. The lowest BCUT2D eigenvalue weighted by molar-refractivity contribution is -0.886. The number of hydrogen-bond acceptors (Lipinski definition) is 21. The molecule has 8 bridgehead atoms. The Hall–Kier alpha value is -9.48. The molecular formula is C75H95N14O13S2+. The minimum Gasteiger partial charge on any atom is -0.468 e. The number of quaternary nitrogens is 1. The van der Waals surface area contributed by atoms with Crippen LogP contribution in [0.15, 0.2) is 53.5 Å². The molecule has 2 aliphatic heterocycles. The van der Waals surface area contributed by atoms with Crippen LogP contribution in [0, 0.1) is 26.7 Å². The Morgan fingerprint density at radius 2 is 1.45 bits per heavy atom. The molecule has 29 heteroatoms. The Labute approximate surface area is 611 Å². The largest absolute Gasteiger partial charge is 0.468 e. The molecule has 3 aliphatic rings. The molecule has 104 heavy (non-hydrogen) atoms. The summed E-state index contributed by atoms with van der Waals surface area (Å²) in [5.74, 6) is -4.97. The van der Waals surface area contributed by atoms with Gasteiger partial charge in [0.25, 0.3) is 17.9 Å². The number of hydrogen-bond donors (Lipinski definition) is 8. The average Bonchev–Trinajstić information content (AvgIpc) is 1.56. The lowest BCUT2D eigenvalue weighted by Crippen LogP contribution is -2.50. The van der Waals surface area contributed by atoms with Gasteiger partial charge < -0.3 is 55.5 Å². The zero-order chi connectivity index (χ0) is 75.3. The van der Waals surface area contributed by atoms with Crippen LogP contribution in [-0.4, -0.2) is 175 Å². The number of methoxy groups -OCH3 is 1. The molecule has 2 unspecified atom stereocenters. The van der Waals surface area contributed by atoms with Gasteiger partial charge in [0.05, 0.1) is 75.1 Å². The first-order chi connectivity index (χ1) is 49.6. The first-order valence-corrected chi connectivity index (χ1v) is 37.9. The Bertz CT molecular complexity index is 4510. The first kappa shape index (κ1) is 78.7. The van der Waals surface area contributed by atoms with E-state index in [0.29, 0.717) is 127 Å². The van der Waals surface area contributed by atoms with Crippen molar-refractivity contribution >= 4 is 120 Å². The average molecular weight is 1460 g/mol. The van der Waals surface area contributed by atoms with Crippen LogP contribution in [0.1, 0.15) is 217 Å².